The van der Waals surface area contributed by atoms with Gasteiger partial charge in [-0.05, 0) is 25.8 Å². The molecule has 0 saturated carbocycles. The van der Waals surface area contributed by atoms with Gasteiger partial charge in [0.25, 0.3) is 12.0 Å². The monoisotopic (exact) mass is 371 g/mol. The highest BCUT2D eigenvalue weighted by molar-refractivity contribution is 5.43. The third-order valence-electron chi connectivity index (χ3n) is 5.12. The summed E-state index contributed by atoms with van der Waals surface area (Å²) < 4.78 is 47.6. The second-order valence-corrected chi connectivity index (χ2v) is 6.73. The zero-order chi connectivity index (χ0) is 18.3. The molecule has 2 aromatic rings. The van der Waals surface area contributed by atoms with Gasteiger partial charge in [0.1, 0.15) is 11.6 Å². The molecule has 2 aliphatic rings. The molecule has 10 heteroatoms. The molecule has 2 aromatic heterocycles. The number of nitrogens with one attached hydrogen (secondary N) is 1. The number of nitrogens with zero attached hydrogens (tertiary/aromatic N) is 4. The molecule has 0 aliphatic carbocycles. The first kappa shape index (κ1) is 17.5. The molecular formula is C16H20F3N5O2. The van der Waals surface area contributed by atoms with Crippen molar-refractivity contribution in [2.24, 2.45) is 0 Å². The van der Waals surface area contributed by atoms with E-state index >= 15 is 0 Å². The minimum atomic E-state index is -3.30. The minimum Gasteiger partial charge on any atom is -0.381 e. The van der Waals surface area contributed by atoms with Gasteiger partial charge >= 0.3 is 0 Å². The van der Waals surface area contributed by atoms with E-state index in [2.05, 4.69) is 15.4 Å². The lowest BCUT2D eigenvalue weighted by Crippen LogP contribution is -2.34. The van der Waals surface area contributed by atoms with Crippen molar-refractivity contribution in [3.8, 4) is 0 Å². The maximum Gasteiger partial charge on any atom is 0.288 e. The van der Waals surface area contributed by atoms with Gasteiger partial charge in [0.15, 0.2) is 5.52 Å². The lowest BCUT2D eigenvalue weighted by Gasteiger charge is -2.22. The highest BCUT2D eigenvalue weighted by atomic mass is 19.3. The summed E-state index contributed by atoms with van der Waals surface area (Å²) in [6.45, 7) is 2.32. The number of alkyl halides is 3. The largest absolute Gasteiger partial charge is 0.381 e. The summed E-state index contributed by atoms with van der Waals surface area (Å²) in [5.41, 5.74) is -0.801. The Morgan fingerprint density at radius 3 is 2.58 bits per heavy atom. The molecule has 0 radical (unpaired) electrons. The smallest absolute Gasteiger partial charge is 0.288 e. The van der Waals surface area contributed by atoms with Gasteiger partial charge in [-0.15, -0.1) is 0 Å². The first-order chi connectivity index (χ1) is 12.6. The summed E-state index contributed by atoms with van der Waals surface area (Å²) in [5.74, 6) is 0.424. The Morgan fingerprint density at radius 2 is 1.92 bits per heavy atom. The fourth-order valence-corrected chi connectivity index (χ4v) is 3.73. The van der Waals surface area contributed by atoms with Crippen LogP contribution in [0.3, 0.4) is 0 Å². The van der Waals surface area contributed by atoms with Crippen molar-refractivity contribution in [2.45, 2.75) is 43.8 Å². The first-order valence-electron chi connectivity index (χ1n) is 8.78. The van der Waals surface area contributed by atoms with Crippen molar-refractivity contribution >= 4 is 5.52 Å². The Balaban J connectivity index is 1.88. The maximum atomic E-state index is 14.2. The van der Waals surface area contributed by atoms with E-state index in [1.807, 2.05) is 0 Å². The quantitative estimate of drug-likeness (QED) is 0.884. The van der Waals surface area contributed by atoms with Crippen LogP contribution in [0.2, 0.25) is 0 Å². The average Bonchev–Trinajstić information content (AvgIpc) is 3.31. The van der Waals surface area contributed by atoms with Crippen LogP contribution >= 0.6 is 0 Å². The van der Waals surface area contributed by atoms with Crippen molar-refractivity contribution in [1.29, 1.82) is 0 Å². The summed E-state index contributed by atoms with van der Waals surface area (Å²) in [6.07, 6.45) is -2.64. The normalized spacial score (nSPS) is 23.2. The highest BCUT2D eigenvalue weighted by Crippen LogP contribution is 2.28. The molecule has 0 bridgehead atoms. The second kappa shape index (κ2) is 6.99. The van der Waals surface area contributed by atoms with Gasteiger partial charge in [-0.1, -0.05) is 0 Å². The molecule has 7 nitrogen and oxygen atoms in total. The standard InChI is InChI=1S/C16H20F3N5O2/c17-12(18)13(19)23-15(10-1-4-20-7-10)22-24-11(16(23)25)8-21-14(24)9-2-5-26-6-3-9/h8-10,12-13,20H,1-7H2. The summed E-state index contributed by atoms with van der Waals surface area (Å²) in [7, 11) is 0. The maximum absolute atomic E-state index is 14.2. The topological polar surface area (TPSA) is 73.4 Å². The van der Waals surface area contributed by atoms with Crippen molar-refractivity contribution < 1.29 is 17.9 Å². The fraction of sp³-hybridized carbons (Fsp3) is 0.688. The molecule has 2 aliphatic heterocycles. The molecule has 2 saturated heterocycles. The van der Waals surface area contributed by atoms with E-state index in [0.29, 0.717) is 43.1 Å². The molecule has 0 spiro atoms. The number of hydrogen-bond donors (Lipinski definition) is 1. The number of ether oxygens (including phenoxy) is 1. The third-order valence-corrected chi connectivity index (χ3v) is 5.12. The Hall–Kier alpha value is -1.94. The number of fused-ring (bicyclic) bond motifs is 1. The minimum absolute atomic E-state index is 0.0181. The first-order valence-corrected chi connectivity index (χ1v) is 8.78. The van der Waals surface area contributed by atoms with Crippen molar-refractivity contribution in [1.82, 2.24) is 24.5 Å². The highest BCUT2D eigenvalue weighted by Gasteiger charge is 2.33. The van der Waals surface area contributed by atoms with Crippen molar-refractivity contribution in [3.63, 3.8) is 0 Å². The van der Waals surface area contributed by atoms with E-state index in [4.69, 9.17) is 4.74 Å². The van der Waals surface area contributed by atoms with Crippen LogP contribution < -0.4 is 10.9 Å². The molecule has 1 N–H and O–H groups in total. The number of aromatic nitrogens is 4. The van der Waals surface area contributed by atoms with Crippen molar-refractivity contribution in [2.75, 3.05) is 26.3 Å². The van der Waals surface area contributed by atoms with Crippen LogP contribution in [-0.2, 0) is 4.74 Å². The number of hydrogen-bond acceptors (Lipinski definition) is 5. The lowest BCUT2D eigenvalue weighted by atomic mass is 10.00. The average molecular weight is 371 g/mol. The van der Waals surface area contributed by atoms with Gasteiger partial charge in [-0.3, -0.25) is 9.36 Å². The Morgan fingerprint density at radius 1 is 1.15 bits per heavy atom. The molecule has 26 heavy (non-hydrogen) atoms. The van der Waals surface area contributed by atoms with Gasteiger partial charge in [-0.25, -0.2) is 22.7 Å². The van der Waals surface area contributed by atoms with Crippen LogP contribution in [0.15, 0.2) is 11.0 Å². The predicted molar refractivity (Wildman–Crippen MR) is 86.4 cm³/mol. The van der Waals surface area contributed by atoms with E-state index in [9.17, 15) is 18.0 Å². The molecule has 4 rings (SSSR count). The fourth-order valence-electron chi connectivity index (χ4n) is 3.73. The zero-order valence-electron chi connectivity index (χ0n) is 14.1. The van der Waals surface area contributed by atoms with Gasteiger partial charge < -0.3 is 10.1 Å². The summed E-state index contributed by atoms with van der Waals surface area (Å²) in [6, 6.07) is 0. The third kappa shape index (κ3) is 2.90. The molecule has 0 amide bonds. The molecule has 2 fully saturated rings. The molecule has 2 unspecified atom stereocenters. The SMILES string of the molecule is O=c1c2cnc(C3CCOCC3)n2nc(C2CCNC2)n1C(F)C(F)F. The Kier molecular flexibility index (Phi) is 4.70. The lowest BCUT2D eigenvalue weighted by molar-refractivity contribution is 0.00287. The van der Waals surface area contributed by atoms with Crippen LogP contribution in [-0.4, -0.2) is 51.9 Å². The van der Waals surface area contributed by atoms with Gasteiger partial charge in [0.2, 0.25) is 6.30 Å². The molecule has 2 atom stereocenters. The number of rotatable bonds is 4. The number of halogens is 3. The number of imidazole rings is 1. The second-order valence-electron chi connectivity index (χ2n) is 6.73. The van der Waals surface area contributed by atoms with Crippen LogP contribution in [0, 0.1) is 0 Å². The van der Waals surface area contributed by atoms with Crippen LogP contribution in [0.5, 0.6) is 0 Å². The van der Waals surface area contributed by atoms with Crippen LogP contribution in [0.4, 0.5) is 13.2 Å². The summed E-state index contributed by atoms with van der Waals surface area (Å²) >= 11 is 0. The predicted octanol–water partition coefficient (Wildman–Crippen LogP) is 1.60. The molecule has 4 heterocycles. The molecule has 0 aromatic carbocycles. The molecular weight excluding hydrogens is 351 g/mol. The summed E-state index contributed by atoms with van der Waals surface area (Å²) in [4.78, 5) is 17.1. The van der Waals surface area contributed by atoms with Gasteiger partial charge in [0, 0.05) is 31.6 Å². The van der Waals surface area contributed by atoms with E-state index in [1.165, 1.54) is 10.7 Å². The van der Waals surface area contributed by atoms with E-state index in [-0.39, 0.29) is 23.2 Å². The zero-order valence-corrected chi connectivity index (χ0v) is 14.1. The van der Waals surface area contributed by atoms with Gasteiger partial charge in [-0.2, -0.15) is 5.10 Å². The van der Waals surface area contributed by atoms with E-state index < -0.39 is 18.3 Å². The van der Waals surface area contributed by atoms with Gasteiger partial charge in [0.05, 0.1) is 6.20 Å². The summed E-state index contributed by atoms with van der Waals surface area (Å²) in [5, 5.41) is 7.52. The van der Waals surface area contributed by atoms with Crippen LogP contribution in [0.1, 0.15) is 49.0 Å². The van der Waals surface area contributed by atoms with E-state index in [0.717, 1.165) is 12.8 Å². The van der Waals surface area contributed by atoms with E-state index in [1.54, 1.807) is 0 Å². The molecule has 142 valence electrons. The Labute approximate surface area is 147 Å². The Bertz CT molecular complexity index is 840. The van der Waals surface area contributed by atoms with Crippen LogP contribution in [0.25, 0.3) is 5.52 Å². The van der Waals surface area contributed by atoms with Crippen molar-refractivity contribution in [3.05, 3.63) is 28.2 Å².